The summed E-state index contributed by atoms with van der Waals surface area (Å²) in [6.45, 7) is -0.0583. The maximum atomic E-state index is 9.67. The van der Waals surface area contributed by atoms with Gasteiger partial charge in [0.25, 0.3) is 0 Å². The molecule has 1 rings (SSSR count). The molecule has 1 aliphatic rings. The molecule has 1 aliphatic heterocycles. The van der Waals surface area contributed by atoms with Crippen molar-refractivity contribution >= 4 is 0 Å². The van der Waals surface area contributed by atoms with Gasteiger partial charge in [-0.3, -0.25) is 0 Å². The van der Waals surface area contributed by atoms with Crippen LogP contribution in [0.25, 0.3) is 0 Å². The van der Waals surface area contributed by atoms with Gasteiger partial charge in [-0.05, 0) is 32.9 Å². The van der Waals surface area contributed by atoms with E-state index < -0.39 is 6.68 Å². The van der Waals surface area contributed by atoms with Gasteiger partial charge in [-0.2, -0.15) is 13.2 Å². The molecule has 1 unspecified atom stereocenters. The Morgan fingerprint density at radius 1 is 1.27 bits per heavy atom. The molecule has 0 radical (unpaired) electrons. The van der Waals surface area contributed by atoms with E-state index in [0.29, 0.717) is 0 Å². The van der Waals surface area contributed by atoms with Crippen LogP contribution in [0.3, 0.4) is 0 Å². The normalized spacial score (nSPS) is 22.4. The molecule has 0 N–H and O–H groups in total. The largest absolute Gasteiger partial charge is 0.379 e. The number of alkyl halides is 3. The van der Waals surface area contributed by atoms with E-state index in [2.05, 4.69) is 18.9 Å². The smallest absolute Gasteiger partial charge is 0.303 e. The first-order chi connectivity index (χ1) is 7.07. The Balaban J connectivity index is 0.000000423. The molecule has 1 nitrogen and oxygen atoms in total. The average molecular weight is 225 g/mol. The summed E-state index contributed by atoms with van der Waals surface area (Å²) < 4.78 is 29.0. The minimum Gasteiger partial charge on any atom is -0.303 e. The number of hydrogen-bond acceptors (Lipinski definition) is 1. The van der Waals surface area contributed by atoms with Crippen molar-refractivity contribution in [3.63, 3.8) is 0 Å². The van der Waals surface area contributed by atoms with E-state index >= 15 is 0 Å². The predicted molar refractivity (Wildman–Crippen MR) is 56.9 cm³/mol. The first-order valence-electron chi connectivity index (χ1n) is 5.70. The molecule has 1 atom stereocenters. The lowest BCUT2D eigenvalue weighted by atomic mass is 9.98. The Morgan fingerprint density at radius 2 is 1.87 bits per heavy atom. The van der Waals surface area contributed by atoms with Crippen molar-refractivity contribution in [3.8, 4) is 0 Å². The molecular weight excluding hydrogens is 203 g/mol. The zero-order valence-electron chi connectivity index (χ0n) is 9.69. The van der Waals surface area contributed by atoms with Gasteiger partial charge in [-0.25, -0.2) is 0 Å². The maximum absolute atomic E-state index is 9.67. The lowest BCUT2D eigenvalue weighted by molar-refractivity contribution is 0.00819. The average Bonchev–Trinajstić information content (AvgIpc) is 2.16. The first-order valence-corrected chi connectivity index (χ1v) is 5.70. The van der Waals surface area contributed by atoms with Gasteiger partial charge in [0.2, 0.25) is 0 Å². The molecule has 15 heavy (non-hydrogen) atoms. The van der Waals surface area contributed by atoms with Crippen molar-refractivity contribution in [2.75, 3.05) is 13.6 Å². The summed E-state index contributed by atoms with van der Waals surface area (Å²) in [7, 11) is 2.28. The Hall–Kier alpha value is -0.250. The monoisotopic (exact) mass is 225 g/mol. The van der Waals surface area contributed by atoms with Crippen molar-refractivity contribution < 1.29 is 13.2 Å². The third-order valence-electron chi connectivity index (χ3n) is 2.81. The van der Waals surface area contributed by atoms with Crippen LogP contribution in [-0.4, -0.2) is 31.2 Å². The van der Waals surface area contributed by atoms with Gasteiger partial charge < -0.3 is 4.90 Å². The molecule has 0 amide bonds. The quantitative estimate of drug-likeness (QED) is 0.705. The summed E-state index contributed by atoms with van der Waals surface area (Å²) in [4.78, 5) is 2.54. The van der Waals surface area contributed by atoms with Gasteiger partial charge >= 0.3 is 6.68 Å². The van der Waals surface area contributed by atoms with E-state index in [1.165, 1.54) is 45.1 Å². The fourth-order valence-electron chi connectivity index (χ4n) is 1.95. The standard InChI is InChI=1S/C10H21N.CHF3/c1-3-4-7-10-8-5-6-9-11(10)2;2-1(3)4/h10H,3-9H2,1-2H3;1H. The zero-order valence-corrected chi connectivity index (χ0v) is 9.69. The number of rotatable bonds is 3. The summed E-state index contributed by atoms with van der Waals surface area (Å²) in [5, 5.41) is 0. The van der Waals surface area contributed by atoms with Crippen LogP contribution in [0.1, 0.15) is 45.4 Å². The number of piperidine rings is 1. The number of likely N-dealkylation sites (tertiary alicyclic amines) is 1. The second-order valence-corrected chi connectivity index (χ2v) is 4.02. The van der Waals surface area contributed by atoms with Crippen LogP contribution in [0.2, 0.25) is 0 Å². The van der Waals surface area contributed by atoms with Crippen molar-refractivity contribution in [1.29, 1.82) is 0 Å². The third kappa shape index (κ3) is 8.73. The van der Waals surface area contributed by atoms with E-state index in [0.717, 1.165) is 6.04 Å². The van der Waals surface area contributed by atoms with Gasteiger partial charge in [0.15, 0.2) is 0 Å². The van der Waals surface area contributed by atoms with Crippen LogP contribution in [0.4, 0.5) is 13.2 Å². The van der Waals surface area contributed by atoms with E-state index in [1.807, 2.05) is 0 Å². The molecule has 0 aromatic carbocycles. The van der Waals surface area contributed by atoms with E-state index in [4.69, 9.17) is 0 Å². The molecule has 0 aromatic heterocycles. The van der Waals surface area contributed by atoms with Gasteiger partial charge in [-0.15, -0.1) is 0 Å². The fraction of sp³-hybridized carbons (Fsp3) is 1.00. The molecule has 1 saturated heterocycles. The lowest BCUT2D eigenvalue weighted by Gasteiger charge is -2.32. The minimum atomic E-state index is -3.67. The number of nitrogens with zero attached hydrogens (tertiary/aromatic N) is 1. The van der Waals surface area contributed by atoms with Crippen LogP contribution in [0.5, 0.6) is 0 Å². The molecule has 0 bridgehead atoms. The van der Waals surface area contributed by atoms with Gasteiger partial charge in [0.05, 0.1) is 0 Å². The summed E-state index contributed by atoms with van der Waals surface area (Å²) >= 11 is 0. The topological polar surface area (TPSA) is 3.24 Å². The van der Waals surface area contributed by atoms with Crippen LogP contribution in [0, 0.1) is 0 Å². The van der Waals surface area contributed by atoms with Crippen molar-refractivity contribution in [3.05, 3.63) is 0 Å². The SMILES string of the molecule is CCCCC1CCCCN1C.FC(F)F. The Kier molecular flexibility index (Phi) is 8.86. The second-order valence-electron chi connectivity index (χ2n) is 4.02. The Labute approximate surface area is 90.6 Å². The van der Waals surface area contributed by atoms with Crippen LogP contribution in [-0.2, 0) is 0 Å². The summed E-state index contributed by atoms with van der Waals surface area (Å²) in [6, 6.07) is 0.906. The molecule has 0 saturated carbocycles. The first kappa shape index (κ1) is 14.8. The van der Waals surface area contributed by atoms with Gasteiger partial charge in [0, 0.05) is 6.04 Å². The van der Waals surface area contributed by atoms with Gasteiger partial charge in [-0.1, -0.05) is 26.2 Å². The maximum Gasteiger partial charge on any atom is 0.379 e. The van der Waals surface area contributed by atoms with Crippen LogP contribution < -0.4 is 0 Å². The highest BCUT2D eigenvalue weighted by molar-refractivity contribution is 4.73. The van der Waals surface area contributed by atoms with E-state index in [9.17, 15) is 13.2 Å². The summed E-state index contributed by atoms with van der Waals surface area (Å²) in [6.07, 6.45) is 8.50. The highest BCUT2D eigenvalue weighted by Crippen LogP contribution is 2.19. The molecule has 0 spiro atoms. The molecule has 1 fully saturated rings. The Bertz CT molecular complexity index is 139. The van der Waals surface area contributed by atoms with Crippen molar-refractivity contribution in [1.82, 2.24) is 4.90 Å². The second kappa shape index (κ2) is 9.01. The lowest BCUT2D eigenvalue weighted by Crippen LogP contribution is -2.35. The predicted octanol–water partition coefficient (Wildman–Crippen LogP) is 3.84. The van der Waals surface area contributed by atoms with Gasteiger partial charge in [0.1, 0.15) is 0 Å². The highest BCUT2D eigenvalue weighted by Gasteiger charge is 2.17. The summed E-state index contributed by atoms with van der Waals surface area (Å²) in [5.74, 6) is 0. The zero-order chi connectivity index (χ0) is 11.7. The van der Waals surface area contributed by atoms with Crippen LogP contribution in [0.15, 0.2) is 0 Å². The van der Waals surface area contributed by atoms with Crippen molar-refractivity contribution in [2.24, 2.45) is 0 Å². The number of unbranched alkanes of at least 4 members (excludes halogenated alkanes) is 1. The molecule has 92 valence electrons. The molecule has 4 heteroatoms. The molecule has 1 heterocycles. The van der Waals surface area contributed by atoms with Crippen molar-refractivity contribution in [2.45, 2.75) is 58.2 Å². The molecule has 0 aliphatic carbocycles. The van der Waals surface area contributed by atoms with E-state index in [1.54, 1.807) is 0 Å². The molecular formula is C11H22F3N. The highest BCUT2D eigenvalue weighted by atomic mass is 19.4. The third-order valence-corrected chi connectivity index (χ3v) is 2.81. The number of hydrogen-bond donors (Lipinski definition) is 0. The van der Waals surface area contributed by atoms with E-state index in [-0.39, 0.29) is 0 Å². The number of halogens is 3. The summed E-state index contributed by atoms with van der Waals surface area (Å²) in [5.41, 5.74) is 0. The van der Waals surface area contributed by atoms with Crippen LogP contribution >= 0.6 is 0 Å². The minimum absolute atomic E-state index is 0.906. The fourth-order valence-corrected chi connectivity index (χ4v) is 1.95. The molecule has 0 aromatic rings. The Morgan fingerprint density at radius 3 is 2.33 bits per heavy atom.